The summed E-state index contributed by atoms with van der Waals surface area (Å²) < 4.78 is 0. The number of carbonyl (C=O) groups excluding carboxylic acids is 1. The normalized spacial score (nSPS) is 19.8. The van der Waals surface area contributed by atoms with Gasteiger partial charge in [0.15, 0.2) is 0 Å². The number of hydrogen-bond donors (Lipinski definition) is 1. The van der Waals surface area contributed by atoms with Crippen molar-refractivity contribution in [3.8, 4) is 0 Å². The Hall–Kier alpha value is -0.570. The van der Waals surface area contributed by atoms with Crippen LogP contribution >= 0.6 is 0 Å². The van der Waals surface area contributed by atoms with Crippen molar-refractivity contribution in [1.29, 1.82) is 0 Å². The molecule has 0 radical (unpaired) electrons. The molecule has 106 valence electrons. The molecule has 1 unspecified atom stereocenters. The monoisotopic (exact) mass is 254 g/mol. The highest BCUT2D eigenvalue weighted by molar-refractivity contribution is 5.77. The topological polar surface area (TPSA) is 46.3 Å². The van der Waals surface area contributed by atoms with Gasteiger partial charge in [0.2, 0.25) is 5.91 Å². The third-order valence-corrected chi connectivity index (χ3v) is 4.30. The van der Waals surface area contributed by atoms with Gasteiger partial charge in [0, 0.05) is 24.5 Å². The molecular weight excluding hydrogens is 224 g/mol. The number of nitrogens with two attached hydrogens (primary N) is 1. The predicted molar refractivity (Wildman–Crippen MR) is 76.4 cm³/mol. The first-order chi connectivity index (χ1) is 8.52. The van der Waals surface area contributed by atoms with E-state index in [1.54, 1.807) is 0 Å². The van der Waals surface area contributed by atoms with E-state index < -0.39 is 0 Å². The first-order valence-electron chi connectivity index (χ1n) is 7.60. The number of carbonyl (C=O) groups is 1. The lowest BCUT2D eigenvalue weighted by atomic mass is 9.93. The van der Waals surface area contributed by atoms with E-state index in [9.17, 15) is 4.79 Å². The number of amides is 1. The van der Waals surface area contributed by atoms with Crippen LogP contribution in [0.4, 0.5) is 0 Å². The van der Waals surface area contributed by atoms with Crippen LogP contribution in [0.2, 0.25) is 0 Å². The lowest BCUT2D eigenvalue weighted by Crippen LogP contribution is -2.46. The van der Waals surface area contributed by atoms with Gasteiger partial charge in [0.25, 0.3) is 0 Å². The summed E-state index contributed by atoms with van der Waals surface area (Å²) in [5.74, 6) is 0.266. The number of unbranched alkanes of at least 4 members (excludes halogenated alkanes) is 1. The Kier molecular flexibility index (Phi) is 6.13. The van der Waals surface area contributed by atoms with Crippen molar-refractivity contribution >= 4 is 5.91 Å². The van der Waals surface area contributed by atoms with Crippen molar-refractivity contribution in [3.63, 3.8) is 0 Å². The third kappa shape index (κ3) is 4.27. The van der Waals surface area contributed by atoms with Gasteiger partial charge in [-0.3, -0.25) is 4.79 Å². The zero-order valence-electron chi connectivity index (χ0n) is 12.4. The number of rotatable bonds is 7. The lowest BCUT2D eigenvalue weighted by molar-refractivity contribution is -0.134. The molecule has 1 amide bonds. The Balaban J connectivity index is 2.57. The van der Waals surface area contributed by atoms with Gasteiger partial charge in [-0.15, -0.1) is 0 Å². The van der Waals surface area contributed by atoms with Gasteiger partial charge in [-0.05, 0) is 32.6 Å². The standard InChI is InChI=1S/C15H30N2O/c1-4-6-11-17(13(3)5-2)14(18)12-15(16)9-7-8-10-15/h13H,4-12,16H2,1-3H3. The van der Waals surface area contributed by atoms with Crippen LogP contribution in [0.1, 0.15) is 72.1 Å². The summed E-state index contributed by atoms with van der Waals surface area (Å²) in [6, 6.07) is 0.342. The molecule has 0 saturated heterocycles. The molecule has 0 aliphatic heterocycles. The zero-order chi connectivity index (χ0) is 13.6. The highest BCUT2D eigenvalue weighted by Gasteiger charge is 2.33. The average Bonchev–Trinajstić information content (AvgIpc) is 2.75. The first kappa shape index (κ1) is 15.5. The van der Waals surface area contributed by atoms with E-state index in [1.165, 1.54) is 12.8 Å². The van der Waals surface area contributed by atoms with Gasteiger partial charge in [0.1, 0.15) is 0 Å². The highest BCUT2D eigenvalue weighted by atomic mass is 16.2. The van der Waals surface area contributed by atoms with E-state index >= 15 is 0 Å². The van der Waals surface area contributed by atoms with Gasteiger partial charge in [0.05, 0.1) is 0 Å². The summed E-state index contributed by atoms with van der Waals surface area (Å²) in [5.41, 5.74) is 6.11. The van der Waals surface area contributed by atoms with Crippen molar-refractivity contribution in [3.05, 3.63) is 0 Å². The van der Waals surface area contributed by atoms with Crippen molar-refractivity contribution in [1.82, 2.24) is 4.90 Å². The van der Waals surface area contributed by atoms with Crippen LogP contribution in [0.5, 0.6) is 0 Å². The minimum atomic E-state index is -0.213. The second-order valence-electron chi connectivity index (χ2n) is 5.94. The second-order valence-corrected chi connectivity index (χ2v) is 5.94. The summed E-state index contributed by atoms with van der Waals surface area (Å²) >= 11 is 0. The van der Waals surface area contributed by atoms with Crippen molar-refractivity contribution < 1.29 is 4.79 Å². The average molecular weight is 254 g/mol. The first-order valence-corrected chi connectivity index (χ1v) is 7.60. The fourth-order valence-electron chi connectivity index (χ4n) is 2.80. The molecule has 0 aromatic rings. The van der Waals surface area contributed by atoms with E-state index in [0.717, 1.165) is 38.6 Å². The fraction of sp³-hybridized carbons (Fsp3) is 0.933. The summed E-state index contributed by atoms with van der Waals surface area (Å²) in [5, 5.41) is 0. The minimum Gasteiger partial charge on any atom is -0.340 e. The predicted octanol–water partition coefficient (Wildman–Crippen LogP) is 3.08. The van der Waals surface area contributed by atoms with Crippen molar-refractivity contribution in [2.24, 2.45) is 5.73 Å². The van der Waals surface area contributed by atoms with Crippen LogP contribution in [0.25, 0.3) is 0 Å². The molecule has 1 fully saturated rings. The quantitative estimate of drug-likeness (QED) is 0.759. The van der Waals surface area contributed by atoms with E-state index in [2.05, 4.69) is 25.7 Å². The van der Waals surface area contributed by atoms with Crippen LogP contribution < -0.4 is 5.73 Å². The Labute approximate surface area is 112 Å². The largest absolute Gasteiger partial charge is 0.340 e. The summed E-state index contributed by atoms with van der Waals surface area (Å²) in [4.78, 5) is 14.5. The Morgan fingerprint density at radius 2 is 1.94 bits per heavy atom. The van der Waals surface area contributed by atoms with E-state index in [1.807, 2.05) is 0 Å². The van der Waals surface area contributed by atoms with Crippen LogP contribution in [0, 0.1) is 0 Å². The molecule has 0 bridgehead atoms. The molecule has 1 atom stereocenters. The Bertz CT molecular complexity index is 259. The number of hydrogen-bond acceptors (Lipinski definition) is 2. The molecule has 1 aliphatic rings. The maximum atomic E-state index is 12.5. The zero-order valence-corrected chi connectivity index (χ0v) is 12.4. The molecule has 3 heteroatoms. The van der Waals surface area contributed by atoms with Gasteiger partial charge < -0.3 is 10.6 Å². The highest BCUT2D eigenvalue weighted by Crippen LogP contribution is 2.30. The molecule has 1 saturated carbocycles. The molecule has 1 aliphatic carbocycles. The maximum absolute atomic E-state index is 12.5. The molecule has 0 aromatic carbocycles. The third-order valence-electron chi connectivity index (χ3n) is 4.30. The molecule has 0 heterocycles. The van der Waals surface area contributed by atoms with E-state index in [4.69, 9.17) is 5.73 Å². The molecule has 3 nitrogen and oxygen atoms in total. The minimum absolute atomic E-state index is 0.213. The molecule has 1 rings (SSSR count). The van der Waals surface area contributed by atoms with Crippen LogP contribution in [-0.2, 0) is 4.79 Å². The van der Waals surface area contributed by atoms with Crippen LogP contribution in [-0.4, -0.2) is 28.9 Å². The van der Waals surface area contributed by atoms with Gasteiger partial charge in [-0.2, -0.15) is 0 Å². The molecular formula is C15H30N2O. The van der Waals surface area contributed by atoms with E-state index in [0.29, 0.717) is 12.5 Å². The van der Waals surface area contributed by atoms with Crippen molar-refractivity contribution in [2.45, 2.75) is 83.7 Å². The van der Waals surface area contributed by atoms with Crippen LogP contribution in [0.3, 0.4) is 0 Å². The number of nitrogens with zero attached hydrogens (tertiary/aromatic N) is 1. The lowest BCUT2D eigenvalue weighted by Gasteiger charge is -2.32. The fourth-order valence-corrected chi connectivity index (χ4v) is 2.80. The molecule has 18 heavy (non-hydrogen) atoms. The van der Waals surface area contributed by atoms with Crippen molar-refractivity contribution in [2.75, 3.05) is 6.54 Å². The van der Waals surface area contributed by atoms with Gasteiger partial charge in [-0.1, -0.05) is 33.1 Å². The molecule has 0 aromatic heterocycles. The van der Waals surface area contributed by atoms with E-state index in [-0.39, 0.29) is 11.4 Å². The Morgan fingerprint density at radius 3 is 2.44 bits per heavy atom. The summed E-state index contributed by atoms with van der Waals surface area (Å²) in [6.07, 6.45) is 8.18. The maximum Gasteiger partial charge on any atom is 0.224 e. The smallest absolute Gasteiger partial charge is 0.224 e. The van der Waals surface area contributed by atoms with Crippen LogP contribution in [0.15, 0.2) is 0 Å². The SMILES string of the molecule is CCCCN(C(=O)CC1(N)CCCC1)C(C)CC. The Morgan fingerprint density at radius 1 is 1.33 bits per heavy atom. The van der Waals surface area contributed by atoms with Gasteiger partial charge >= 0.3 is 0 Å². The summed E-state index contributed by atoms with van der Waals surface area (Å²) in [7, 11) is 0. The second kappa shape index (κ2) is 7.13. The summed E-state index contributed by atoms with van der Waals surface area (Å²) in [6.45, 7) is 7.34. The molecule has 0 spiro atoms. The van der Waals surface area contributed by atoms with Gasteiger partial charge in [-0.25, -0.2) is 0 Å². The molecule has 2 N–H and O–H groups in total.